The summed E-state index contributed by atoms with van der Waals surface area (Å²) in [7, 11) is 1.59. The molecule has 0 aliphatic carbocycles. The van der Waals surface area contributed by atoms with Crippen LogP contribution in [-0.4, -0.2) is 69.8 Å². The molecule has 2 saturated heterocycles. The number of rotatable bonds is 6. The molecule has 7 nitrogen and oxygen atoms in total. The van der Waals surface area contributed by atoms with E-state index in [1.807, 2.05) is 25.1 Å². The van der Waals surface area contributed by atoms with Gasteiger partial charge in [0.1, 0.15) is 5.75 Å². The number of anilines is 1. The Labute approximate surface area is 154 Å². The van der Waals surface area contributed by atoms with Crippen molar-refractivity contribution in [2.75, 3.05) is 57.9 Å². The van der Waals surface area contributed by atoms with Gasteiger partial charge in [0, 0.05) is 39.1 Å². The van der Waals surface area contributed by atoms with Gasteiger partial charge in [0.15, 0.2) is 0 Å². The van der Waals surface area contributed by atoms with Crippen LogP contribution in [0.2, 0.25) is 0 Å². The second kappa shape index (κ2) is 8.51. The number of aryl methyl sites for hydroxylation is 1. The highest BCUT2D eigenvalue weighted by molar-refractivity contribution is 6.01. The number of morpholine rings is 1. The first kappa shape index (κ1) is 18.7. The molecule has 2 amide bonds. The third kappa shape index (κ3) is 4.34. The van der Waals surface area contributed by atoms with E-state index in [0.717, 1.165) is 44.1 Å². The zero-order valence-corrected chi connectivity index (χ0v) is 15.5. The molecule has 2 aliphatic heterocycles. The monoisotopic (exact) mass is 361 g/mol. The maximum atomic E-state index is 12.5. The molecule has 0 unspecified atom stereocenters. The number of hydrogen-bond acceptors (Lipinski definition) is 5. The van der Waals surface area contributed by atoms with Crippen LogP contribution in [0.3, 0.4) is 0 Å². The van der Waals surface area contributed by atoms with Crippen molar-refractivity contribution in [2.24, 2.45) is 5.92 Å². The highest BCUT2D eigenvalue weighted by Gasteiger charge is 2.36. The number of ether oxygens (including phenoxy) is 2. The van der Waals surface area contributed by atoms with Crippen molar-refractivity contribution in [1.82, 2.24) is 10.2 Å². The normalized spacial score (nSPS) is 21.1. The first-order chi connectivity index (χ1) is 12.6. The van der Waals surface area contributed by atoms with Gasteiger partial charge in [0.25, 0.3) is 0 Å². The van der Waals surface area contributed by atoms with Crippen LogP contribution in [0.15, 0.2) is 18.2 Å². The van der Waals surface area contributed by atoms with Crippen molar-refractivity contribution in [2.45, 2.75) is 13.3 Å². The van der Waals surface area contributed by atoms with E-state index in [0.29, 0.717) is 18.8 Å². The van der Waals surface area contributed by atoms with Crippen molar-refractivity contribution in [3.05, 3.63) is 23.8 Å². The van der Waals surface area contributed by atoms with E-state index in [2.05, 4.69) is 10.2 Å². The molecule has 0 spiro atoms. The standard InChI is InChI=1S/C19H27N3O4/c1-14-3-4-17(25-2)16(11-14)22-13-15(12-18(22)23)19(24)20-5-6-21-7-9-26-10-8-21/h3-4,11,15H,5-10,12-13H2,1-2H3,(H,20,24)/t15-/m1/s1. The van der Waals surface area contributed by atoms with E-state index in [1.54, 1.807) is 12.0 Å². The number of nitrogens with one attached hydrogen (secondary N) is 1. The largest absolute Gasteiger partial charge is 0.495 e. The molecule has 1 aromatic carbocycles. The van der Waals surface area contributed by atoms with Gasteiger partial charge in [-0.25, -0.2) is 0 Å². The number of carbonyl (C=O) groups is 2. The zero-order chi connectivity index (χ0) is 18.5. The van der Waals surface area contributed by atoms with Crippen LogP contribution in [-0.2, 0) is 14.3 Å². The topological polar surface area (TPSA) is 71.1 Å². The average molecular weight is 361 g/mol. The first-order valence-electron chi connectivity index (χ1n) is 9.11. The SMILES string of the molecule is COc1ccc(C)cc1N1C[C@H](C(=O)NCCN2CCOCC2)CC1=O. The van der Waals surface area contributed by atoms with Gasteiger partial charge in [-0.1, -0.05) is 6.07 Å². The number of benzene rings is 1. The van der Waals surface area contributed by atoms with Gasteiger partial charge in [0.2, 0.25) is 11.8 Å². The summed E-state index contributed by atoms with van der Waals surface area (Å²) in [4.78, 5) is 28.9. The number of methoxy groups -OCH3 is 1. The minimum atomic E-state index is -0.322. The molecule has 3 rings (SSSR count). The van der Waals surface area contributed by atoms with E-state index in [9.17, 15) is 9.59 Å². The smallest absolute Gasteiger partial charge is 0.227 e. The Morgan fingerprint density at radius 2 is 2.12 bits per heavy atom. The summed E-state index contributed by atoms with van der Waals surface area (Å²) in [5, 5.41) is 2.97. The fourth-order valence-corrected chi connectivity index (χ4v) is 3.43. The highest BCUT2D eigenvalue weighted by atomic mass is 16.5. The van der Waals surface area contributed by atoms with Crippen LogP contribution < -0.4 is 15.0 Å². The third-order valence-corrected chi connectivity index (χ3v) is 4.95. The molecule has 1 aromatic rings. The van der Waals surface area contributed by atoms with Gasteiger partial charge in [-0.3, -0.25) is 14.5 Å². The van der Waals surface area contributed by atoms with Crippen LogP contribution in [0.25, 0.3) is 0 Å². The van der Waals surface area contributed by atoms with Crippen LogP contribution >= 0.6 is 0 Å². The van der Waals surface area contributed by atoms with Crippen LogP contribution in [0.1, 0.15) is 12.0 Å². The van der Waals surface area contributed by atoms with Crippen molar-refractivity contribution in [3.8, 4) is 5.75 Å². The van der Waals surface area contributed by atoms with Crippen molar-refractivity contribution in [1.29, 1.82) is 0 Å². The molecular formula is C19H27N3O4. The Bertz CT molecular complexity index is 658. The Balaban J connectivity index is 1.55. The first-order valence-corrected chi connectivity index (χ1v) is 9.11. The quantitative estimate of drug-likeness (QED) is 0.812. The molecule has 0 bridgehead atoms. The summed E-state index contributed by atoms with van der Waals surface area (Å²) < 4.78 is 10.7. The summed E-state index contributed by atoms with van der Waals surface area (Å²) in [5.41, 5.74) is 1.79. The van der Waals surface area contributed by atoms with E-state index in [4.69, 9.17) is 9.47 Å². The maximum absolute atomic E-state index is 12.5. The van der Waals surface area contributed by atoms with Crippen LogP contribution in [0.5, 0.6) is 5.75 Å². The Kier molecular flexibility index (Phi) is 6.11. The summed E-state index contributed by atoms with van der Waals surface area (Å²) in [5.74, 6) is 0.234. The minimum absolute atomic E-state index is 0.0396. The molecule has 0 radical (unpaired) electrons. The van der Waals surface area contributed by atoms with Crippen molar-refractivity contribution < 1.29 is 19.1 Å². The molecule has 2 aliphatic rings. The van der Waals surface area contributed by atoms with Gasteiger partial charge < -0.3 is 19.7 Å². The molecule has 1 atom stereocenters. The lowest BCUT2D eigenvalue weighted by molar-refractivity contribution is -0.126. The lowest BCUT2D eigenvalue weighted by Gasteiger charge is -2.26. The third-order valence-electron chi connectivity index (χ3n) is 4.95. The fourth-order valence-electron chi connectivity index (χ4n) is 3.43. The van der Waals surface area contributed by atoms with Gasteiger partial charge >= 0.3 is 0 Å². The minimum Gasteiger partial charge on any atom is -0.495 e. The predicted molar refractivity (Wildman–Crippen MR) is 98.5 cm³/mol. The highest BCUT2D eigenvalue weighted by Crippen LogP contribution is 2.33. The summed E-state index contributed by atoms with van der Waals surface area (Å²) >= 11 is 0. The van der Waals surface area contributed by atoms with Gasteiger partial charge in [-0.2, -0.15) is 0 Å². The van der Waals surface area contributed by atoms with Gasteiger partial charge in [-0.05, 0) is 24.6 Å². The summed E-state index contributed by atoms with van der Waals surface area (Å²) in [6.45, 7) is 7.07. The molecule has 1 N–H and O–H groups in total. The van der Waals surface area contributed by atoms with Gasteiger partial charge in [0.05, 0.1) is 31.9 Å². The Morgan fingerprint density at radius 3 is 2.85 bits per heavy atom. The number of carbonyl (C=O) groups excluding carboxylic acids is 2. The number of nitrogens with zero attached hydrogens (tertiary/aromatic N) is 2. The molecule has 2 fully saturated rings. The average Bonchev–Trinajstić information content (AvgIpc) is 3.04. The molecule has 0 saturated carbocycles. The van der Waals surface area contributed by atoms with Crippen molar-refractivity contribution in [3.63, 3.8) is 0 Å². The van der Waals surface area contributed by atoms with Crippen LogP contribution in [0, 0.1) is 12.8 Å². The zero-order valence-electron chi connectivity index (χ0n) is 15.5. The molecule has 7 heteroatoms. The van der Waals surface area contributed by atoms with E-state index in [1.165, 1.54) is 0 Å². The molecular weight excluding hydrogens is 334 g/mol. The molecule has 2 heterocycles. The van der Waals surface area contributed by atoms with E-state index >= 15 is 0 Å². The lowest BCUT2D eigenvalue weighted by atomic mass is 10.1. The van der Waals surface area contributed by atoms with Crippen LogP contribution in [0.4, 0.5) is 5.69 Å². The summed E-state index contributed by atoms with van der Waals surface area (Å²) in [6, 6.07) is 5.72. The second-order valence-electron chi connectivity index (χ2n) is 6.83. The number of amides is 2. The number of hydrogen-bond donors (Lipinski definition) is 1. The van der Waals surface area contributed by atoms with E-state index in [-0.39, 0.29) is 24.2 Å². The molecule has 0 aromatic heterocycles. The lowest BCUT2D eigenvalue weighted by Crippen LogP contribution is -2.42. The maximum Gasteiger partial charge on any atom is 0.227 e. The Hall–Kier alpha value is -2.12. The fraction of sp³-hybridized carbons (Fsp3) is 0.579. The van der Waals surface area contributed by atoms with E-state index < -0.39 is 0 Å². The molecule has 142 valence electrons. The van der Waals surface area contributed by atoms with Gasteiger partial charge in [-0.15, -0.1) is 0 Å². The van der Waals surface area contributed by atoms with Crippen molar-refractivity contribution >= 4 is 17.5 Å². The Morgan fingerprint density at radius 1 is 1.35 bits per heavy atom. The predicted octanol–water partition coefficient (Wildman–Crippen LogP) is 0.805. The second-order valence-corrected chi connectivity index (χ2v) is 6.83. The summed E-state index contributed by atoms with van der Waals surface area (Å²) in [6.07, 6.45) is 0.237. The molecule has 26 heavy (non-hydrogen) atoms.